The lowest BCUT2D eigenvalue weighted by Crippen LogP contribution is -2.38. The van der Waals surface area contributed by atoms with Gasteiger partial charge in [-0.15, -0.1) is 0 Å². The van der Waals surface area contributed by atoms with Crippen molar-refractivity contribution in [2.75, 3.05) is 6.54 Å². The molecule has 2 aromatic carbocycles. The summed E-state index contributed by atoms with van der Waals surface area (Å²) in [5.74, 6) is -1.10. The molecule has 152 valence electrons. The Morgan fingerprint density at radius 2 is 1.73 bits per heavy atom. The second-order valence-corrected chi connectivity index (χ2v) is 7.43. The molecule has 3 aromatic rings. The number of hydrogen-bond donors (Lipinski definition) is 1. The molecule has 0 spiro atoms. The van der Waals surface area contributed by atoms with Crippen molar-refractivity contribution in [3.8, 4) is 0 Å². The second kappa shape index (κ2) is 7.31. The lowest BCUT2D eigenvalue weighted by molar-refractivity contribution is -0.143. The standard InChI is InChI=1S/C22H20N4O4/c27-21(28)20-19-17(12-24(23-19)11-15-7-3-1-4-8-15)18-13-25(20)22(29)26(18)30-14-16-9-5-2-6-10-16/h1-10,12,18,20H,11,13-14H2,(H,27,28)/t18-,20-/m0/s1. The average molecular weight is 404 g/mol. The van der Waals surface area contributed by atoms with Gasteiger partial charge >= 0.3 is 12.0 Å². The number of benzene rings is 2. The summed E-state index contributed by atoms with van der Waals surface area (Å²) in [6.07, 6.45) is 1.83. The first-order valence-electron chi connectivity index (χ1n) is 9.72. The Hall–Kier alpha value is -3.65. The van der Waals surface area contributed by atoms with Gasteiger partial charge in [-0.3, -0.25) is 9.52 Å². The monoisotopic (exact) mass is 404 g/mol. The number of carboxylic acids is 1. The lowest BCUT2D eigenvalue weighted by atomic mass is 9.98. The van der Waals surface area contributed by atoms with E-state index in [9.17, 15) is 14.7 Å². The van der Waals surface area contributed by atoms with Gasteiger partial charge in [-0.2, -0.15) is 10.2 Å². The Balaban J connectivity index is 1.45. The smallest absolute Gasteiger partial charge is 0.345 e. The molecule has 2 atom stereocenters. The topological polar surface area (TPSA) is 87.9 Å². The molecule has 3 heterocycles. The van der Waals surface area contributed by atoms with Gasteiger partial charge < -0.3 is 10.0 Å². The minimum absolute atomic E-state index is 0.224. The summed E-state index contributed by atoms with van der Waals surface area (Å²) < 4.78 is 1.73. The number of aromatic nitrogens is 2. The molecule has 8 nitrogen and oxygen atoms in total. The number of aliphatic carboxylic acids is 1. The number of hydrogen-bond acceptors (Lipinski definition) is 4. The molecule has 5 rings (SSSR count). The molecule has 0 unspecified atom stereocenters. The molecule has 8 heteroatoms. The van der Waals surface area contributed by atoms with Crippen LogP contribution < -0.4 is 0 Å². The van der Waals surface area contributed by atoms with Gasteiger partial charge in [0.05, 0.1) is 13.1 Å². The second-order valence-electron chi connectivity index (χ2n) is 7.43. The van der Waals surface area contributed by atoms with Crippen molar-refractivity contribution in [2.24, 2.45) is 0 Å². The Bertz CT molecular complexity index is 1080. The molecular weight excluding hydrogens is 384 g/mol. The highest BCUT2D eigenvalue weighted by molar-refractivity contribution is 5.86. The first kappa shape index (κ1) is 18.4. The molecule has 1 aromatic heterocycles. The first-order valence-corrected chi connectivity index (χ1v) is 9.72. The van der Waals surface area contributed by atoms with Gasteiger partial charge in [0.25, 0.3) is 0 Å². The van der Waals surface area contributed by atoms with Crippen LogP contribution in [0.4, 0.5) is 4.79 Å². The number of amides is 2. The predicted molar refractivity (Wildman–Crippen MR) is 106 cm³/mol. The van der Waals surface area contributed by atoms with Crippen LogP contribution in [-0.4, -0.2) is 43.4 Å². The van der Waals surface area contributed by atoms with Crippen LogP contribution in [0, 0.1) is 0 Å². The number of fused-ring (bicyclic) bond motifs is 4. The molecule has 1 saturated heterocycles. The van der Waals surface area contributed by atoms with Crippen LogP contribution in [0.5, 0.6) is 0 Å². The van der Waals surface area contributed by atoms with Crippen molar-refractivity contribution in [3.05, 3.63) is 89.2 Å². The summed E-state index contributed by atoms with van der Waals surface area (Å²) in [6.45, 7) is 1.00. The number of carbonyl (C=O) groups excluding carboxylic acids is 1. The maximum atomic E-state index is 12.9. The number of urea groups is 1. The fourth-order valence-corrected chi connectivity index (χ4v) is 4.07. The number of nitrogens with zero attached hydrogens (tertiary/aromatic N) is 4. The summed E-state index contributed by atoms with van der Waals surface area (Å²) >= 11 is 0. The van der Waals surface area contributed by atoms with E-state index < -0.39 is 24.1 Å². The zero-order valence-electron chi connectivity index (χ0n) is 16.1. The maximum absolute atomic E-state index is 12.9. The van der Waals surface area contributed by atoms with Gasteiger partial charge in [-0.05, 0) is 11.1 Å². The summed E-state index contributed by atoms with van der Waals surface area (Å²) in [7, 11) is 0. The maximum Gasteiger partial charge on any atom is 0.345 e. The largest absolute Gasteiger partial charge is 0.479 e. The molecule has 0 saturated carbocycles. The zero-order chi connectivity index (χ0) is 20.7. The molecule has 1 N–H and O–H groups in total. The van der Waals surface area contributed by atoms with Gasteiger partial charge in [0.2, 0.25) is 0 Å². The van der Waals surface area contributed by atoms with Gasteiger partial charge in [-0.25, -0.2) is 9.59 Å². The number of carboxylic acid groups (broad SMARTS) is 1. The van der Waals surface area contributed by atoms with Crippen LogP contribution in [-0.2, 0) is 22.8 Å². The van der Waals surface area contributed by atoms with Crippen molar-refractivity contribution < 1.29 is 19.5 Å². The highest BCUT2D eigenvalue weighted by Gasteiger charge is 2.52. The molecule has 2 bridgehead atoms. The van der Waals surface area contributed by atoms with Crippen molar-refractivity contribution in [3.63, 3.8) is 0 Å². The minimum Gasteiger partial charge on any atom is -0.479 e. The Kier molecular flexibility index (Phi) is 4.48. The Morgan fingerprint density at radius 1 is 1.07 bits per heavy atom. The van der Waals surface area contributed by atoms with Crippen molar-refractivity contribution in [1.29, 1.82) is 0 Å². The third kappa shape index (κ3) is 3.11. The summed E-state index contributed by atoms with van der Waals surface area (Å²) in [6, 6.07) is 17.4. The third-order valence-corrected chi connectivity index (χ3v) is 5.47. The fourth-order valence-electron chi connectivity index (χ4n) is 4.07. The van der Waals surface area contributed by atoms with E-state index in [1.165, 1.54) is 9.96 Å². The first-order chi connectivity index (χ1) is 14.6. The minimum atomic E-state index is -1.12. The van der Waals surface area contributed by atoms with Crippen molar-refractivity contribution in [2.45, 2.75) is 25.2 Å². The van der Waals surface area contributed by atoms with E-state index in [4.69, 9.17) is 4.84 Å². The highest BCUT2D eigenvalue weighted by atomic mass is 16.7. The normalized spacial score (nSPS) is 19.8. The van der Waals surface area contributed by atoms with E-state index in [0.717, 1.165) is 11.1 Å². The lowest BCUT2D eigenvalue weighted by Gasteiger charge is -2.26. The van der Waals surface area contributed by atoms with Crippen LogP contribution >= 0.6 is 0 Å². The van der Waals surface area contributed by atoms with E-state index in [1.54, 1.807) is 4.68 Å². The average Bonchev–Trinajstić information content (AvgIpc) is 3.28. The predicted octanol–water partition coefficient (Wildman–Crippen LogP) is 2.98. The van der Waals surface area contributed by atoms with E-state index in [-0.39, 0.29) is 13.2 Å². The van der Waals surface area contributed by atoms with Crippen LogP contribution in [0.15, 0.2) is 66.9 Å². The van der Waals surface area contributed by atoms with E-state index in [0.29, 0.717) is 17.8 Å². The molecule has 2 aliphatic heterocycles. The van der Waals surface area contributed by atoms with Gasteiger partial charge in [-0.1, -0.05) is 60.7 Å². The molecule has 0 radical (unpaired) electrons. The molecule has 1 fully saturated rings. The SMILES string of the molecule is O=C(O)[C@@H]1c2nn(Cc3ccccc3)cc2[C@@H]2CN1C(=O)N2OCc1ccccc1. The Labute approximate surface area is 172 Å². The van der Waals surface area contributed by atoms with Crippen molar-refractivity contribution in [1.82, 2.24) is 19.7 Å². The third-order valence-electron chi connectivity index (χ3n) is 5.47. The summed E-state index contributed by atoms with van der Waals surface area (Å²) in [5, 5.41) is 15.6. The fraction of sp³-hybridized carbons (Fsp3) is 0.227. The number of carbonyl (C=O) groups is 2. The highest BCUT2D eigenvalue weighted by Crippen LogP contribution is 2.43. The van der Waals surface area contributed by atoms with E-state index in [1.807, 2.05) is 66.9 Å². The number of rotatable bonds is 6. The van der Waals surface area contributed by atoms with E-state index >= 15 is 0 Å². The molecular formula is C22H20N4O4. The van der Waals surface area contributed by atoms with Crippen LogP contribution in [0.2, 0.25) is 0 Å². The summed E-state index contributed by atoms with van der Waals surface area (Å²) in [5.41, 5.74) is 3.10. The summed E-state index contributed by atoms with van der Waals surface area (Å²) in [4.78, 5) is 32.1. The van der Waals surface area contributed by atoms with Crippen LogP contribution in [0.3, 0.4) is 0 Å². The molecule has 30 heavy (non-hydrogen) atoms. The zero-order valence-corrected chi connectivity index (χ0v) is 16.1. The molecule has 0 aliphatic carbocycles. The quantitative estimate of drug-likeness (QED) is 0.682. The van der Waals surface area contributed by atoms with Gasteiger partial charge in [0.15, 0.2) is 6.04 Å². The van der Waals surface area contributed by atoms with Crippen molar-refractivity contribution >= 4 is 12.0 Å². The van der Waals surface area contributed by atoms with Crippen LogP contribution in [0.25, 0.3) is 0 Å². The van der Waals surface area contributed by atoms with Crippen LogP contribution in [0.1, 0.15) is 34.5 Å². The van der Waals surface area contributed by atoms with Gasteiger partial charge in [0.1, 0.15) is 18.3 Å². The van der Waals surface area contributed by atoms with Gasteiger partial charge in [0, 0.05) is 11.8 Å². The molecule has 2 amide bonds. The Morgan fingerprint density at radius 3 is 2.40 bits per heavy atom. The molecule has 2 aliphatic rings. The number of hydroxylamine groups is 2. The van der Waals surface area contributed by atoms with E-state index in [2.05, 4.69) is 5.10 Å².